The van der Waals surface area contributed by atoms with Gasteiger partial charge >= 0.3 is 8.25 Å². The minimum absolute atomic E-state index is 0.0370. The minimum Gasteiger partial charge on any atom is -0.353 e. The van der Waals surface area contributed by atoms with Crippen LogP contribution in [0.5, 0.6) is 0 Å². The SMILES string of the molecule is CCOC(C)OCC.O=[PH](O)O. The summed E-state index contributed by atoms with van der Waals surface area (Å²) in [4.78, 5) is 14.3. The first-order valence-corrected chi connectivity index (χ1v) is 4.99. The topological polar surface area (TPSA) is 76.0 Å². The lowest BCUT2D eigenvalue weighted by Gasteiger charge is -2.09. The van der Waals surface area contributed by atoms with Gasteiger partial charge in [0.15, 0.2) is 6.29 Å². The van der Waals surface area contributed by atoms with E-state index in [1.807, 2.05) is 20.8 Å². The van der Waals surface area contributed by atoms with Crippen molar-refractivity contribution < 1.29 is 23.8 Å². The molecule has 0 aliphatic carbocycles. The summed E-state index contributed by atoms with van der Waals surface area (Å²) < 4.78 is 18.9. The van der Waals surface area contributed by atoms with Crippen LogP contribution in [0.15, 0.2) is 0 Å². The van der Waals surface area contributed by atoms with Gasteiger partial charge in [0, 0.05) is 13.2 Å². The first-order valence-electron chi connectivity index (χ1n) is 3.69. The monoisotopic (exact) mass is 200 g/mol. The Morgan fingerprint density at radius 2 is 1.50 bits per heavy atom. The van der Waals surface area contributed by atoms with Gasteiger partial charge in [0.25, 0.3) is 0 Å². The summed E-state index contributed by atoms with van der Waals surface area (Å²) in [5.74, 6) is 0. The van der Waals surface area contributed by atoms with Crippen molar-refractivity contribution in [1.29, 1.82) is 0 Å². The Balaban J connectivity index is 0. The minimum atomic E-state index is -3.13. The molecule has 0 fully saturated rings. The quantitative estimate of drug-likeness (QED) is 0.517. The summed E-state index contributed by atoms with van der Waals surface area (Å²) in [5, 5.41) is 0. The van der Waals surface area contributed by atoms with E-state index in [-0.39, 0.29) is 6.29 Å². The fourth-order valence-electron chi connectivity index (χ4n) is 0.518. The number of hydrogen-bond acceptors (Lipinski definition) is 3. The molecule has 2 N–H and O–H groups in total. The number of ether oxygens (including phenoxy) is 2. The van der Waals surface area contributed by atoms with E-state index in [1.165, 1.54) is 0 Å². The number of hydrogen-bond donors (Lipinski definition) is 2. The van der Waals surface area contributed by atoms with Crippen LogP contribution in [0, 0.1) is 0 Å². The fraction of sp³-hybridized carbons (Fsp3) is 1.00. The molecule has 0 atom stereocenters. The first kappa shape index (κ1) is 14.6. The van der Waals surface area contributed by atoms with Crippen LogP contribution in [0.2, 0.25) is 0 Å². The molecule has 0 heterocycles. The molecule has 0 rings (SSSR count). The molecule has 0 spiro atoms. The molecule has 0 unspecified atom stereocenters. The van der Waals surface area contributed by atoms with E-state index < -0.39 is 8.25 Å². The van der Waals surface area contributed by atoms with E-state index in [9.17, 15) is 0 Å². The highest BCUT2D eigenvalue weighted by Crippen LogP contribution is 1.98. The summed E-state index contributed by atoms with van der Waals surface area (Å²) in [6.07, 6.45) is -0.0370. The van der Waals surface area contributed by atoms with Crippen molar-refractivity contribution in [3.05, 3.63) is 0 Å². The van der Waals surface area contributed by atoms with Gasteiger partial charge in [-0.1, -0.05) is 0 Å². The van der Waals surface area contributed by atoms with Gasteiger partial charge in [0.2, 0.25) is 0 Å². The molecule has 76 valence electrons. The van der Waals surface area contributed by atoms with Gasteiger partial charge in [-0.25, -0.2) is 0 Å². The van der Waals surface area contributed by atoms with Crippen molar-refractivity contribution in [2.75, 3.05) is 13.2 Å². The van der Waals surface area contributed by atoms with E-state index in [2.05, 4.69) is 0 Å². The lowest BCUT2D eigenvalue weighted by Crippen LogP contribution is -2.11. The zero-order chi connectivity index (χ0) is 9.98. The molecule has 0 aromatic carbocycles. The molecule has 0 aliphatic rings. The maximum absolute atomic E-state index is 8.74. The van der Waals surface area contributed by atoms with Crippen molar-refractivity contribution in [3.63, 3.8) is 0 Å². The van der Waals surface area contributed by atoms with Crippen molar-refractivity contribution >= 4 is 8.25 Å². The predicted molar refractivity (Wildman–Crippen MR) is 46.2 cm³/mol. The van der Waals surface area contributed by atoms with Crippen LogP contribution in [-0.2, 0) is 14.0 Å². The lowest BCUT2D eigenvalue weighted by molar-refractivity contribution is -0.123. The molecule has 6 heteroatoms. The summed E-state index contributed by atoms with van der Waals surface area (Å²) >= 11 is 0. The largest absolute Gasteiger partial charge is 0.353 e. The predicted octanol–water partition coefficient (Wildman–Crippen LogP) is 0.766. The first-order chi connectivity index (χ1) is 5.54. The van der Waals surface area contributed by atoms with Crippen molar-refractivity contribution in [1.82, 2.24) is 0 Å². The van der Waals surface area contributed by atoms with Crippen molar-refractivity contribution in [3.8, 4) is 0 Å². The molecular weight excluding hydrogens is 183 g/mol. The second-order valence-electron chi connectivity index (χ2n) is 1.76. The average Bonchev–Trinajstić information content (AvgIpc) is 1.87. The van der Waals surface area contributed by atoms with Crippen molar-refractivity contribution in [2.45, 2.75) is 27.1 Å². The van der Waals surface area contributed by atoms with Crippen LogP contribution >= 0.6 is 8.25 Å². The van der Waals surface area contributed by atoms with E-state index in [4.69, 9.17) is 23.8 Å². The Kier molecular flexibility index (Phi) is 13.5. The molecule has 0 aromatic heterocycles. The van der Waals surface area contributed by atoms with Gasteiger partial charge in [-0.3, -0.25) is 4.57 Å². The highest BCUT2D eigenvalue weighted by Gasteiger charge is 1.94. The van der Waals surface area contributed by atoms with Gasteiger partial charge in [0.05, 0.1) is 0 Å². The van der Waals surface area contributed by atoms with Crippen LogP contribution in [0.1, 0.15) is 20.8 Å². The second-order valence-corrected chi connectivity index (χ2v) is 2.33. The summed E-state index contributed by atoms with van der Waals surface area (Å²) in [5.41, 5.74) is 0. The zero-order valence-corrected chi connectivity index (χ0v) is 8.61. The van der Waals surface area contributed by atoms with Gasteiger partial charge < -0.3 is 19.3 Å². The normalized spacial score (nSPS) is 9.92. The molecule has 0 aromatic rings. The molecule has 5 nitrogen and oxygen atoms in total. The Labute approximate surface area is 73.3 Å². The molecule has 0 amide bonds. The van der Waals surface area contributed by atoms with Gasteiger partial charge in [-0.05, 0) is 20.8 Å². The van der Waals surface area contributed by atoms with Crippen LogP contribution in [0.3, 0.4) is 0 Å². The van der Waals surface area contributed by atoms with Crippen LogP contribution in [0.4, 0.5) is 0 Å². The van der Waals surface area contributed by atoms with Gasteiger partial charge in [-0.2, -0.15) is 0 Å². The Bertz CT molecular complexity index is 98.1. The molecular formula is C6H17O5P. The summed E-state index contributed by atoms with van der Waals surface area (Å²) in [7, 11) is -3.13. The summed E-state index contributed by atoms with van der Waals surface area (Å²) in [6, 6.07) is 0. The molecule has 0 saturated carbocycles. The molecule has 0 saturated heterocycles. The fourth-order valence-corrected chi connectivity index (χ4v) is 0.518. The van der Waals surface area contributed by atoms with E-state index in [0.29, 0.717) is 0 Å². The Morgan fingerprint density at radius 1 is 1.25 bits per heavy atom. The molecule has 0 aliphatic heterocycles. The lowest BCUT2D eigenvalue weighted by atomic mass is 10.7. The Morgan fingerprint density at radius 3 is 1.67 bits per heavy atom. The van der Waals surface area contributed by atoms with Gasteiger partial charge in [0.1, 0.15) is 0 Å². The summed E-state index contributed by atoms with van der Waals surface area (Å²) in [6.45, 7) is 7.25. The zero-order valence-electron chi connectivity index (χ0n) is 7.61. The maximum Gasteiger partial charge on any atom is 0.314 e. The number of rotatable bonds is 4. The highest BCUT2D eigenvalue weighted by molar-refractivity contribution is 7.30. The third-order valence-corrected chi connectivity index (χ3v) is 0.803. The maximum atomic E-state index is 8.74. The average molecular weight is 200 g/mol. The molecule has 0 bridgehead atoms. The van der Waals surface area contributed by atoms with E-state index in [0.717, 1.165) is 13.2 Å². The standard InChI is InChI=1S/C6H14O2.H3O3P/c1-4-7-6(3)8-5-2;1-4(2)3/h6H,4-5H2,1-3H3;4H,(H2,1,2,3). The Hall–Kier alpha value is 0.0700. The second kappa shape index (κ2) is 11.1. The smallest absolute Gasteiger partial charge is 0.314 e. The van der Waals surface area contributed by atoms with Crippen LogP contribution < -0.4 is 0 Å². The van der Waals surface area contributed by atoms with Gasteiger partial charge in [-0.15, -0.1) is 0 Å². The third-order valence-electron chi connectivity index (χ3n) is 0.803. The van der Waals surface area contributed by atoms with E-state index >= 15 is 0 Å². The molecule has 12 heavy (non-hydrogen) atoms. The van der Waals surface area contributed by atoms with Crippen molar-refractivity contribution in [2.24, 2.45) is 0 Å². The molecule has 0 radical (unpaired) electrons. The highest BCUT2D eigenvalue weighted by atomic mass is 31.1. The van der Waals surface area contributed by atoms with Crippen LogP contribution in [0.25, 0.3) is 0 Å². The third kappa shape index (κ3) is 22.5. The van der Waals surface area contributed by atoms with Crippen LogP contribution in [-0.4, -0.2) is 29.3 Å². The van der Waals surface area contributed by atoms with E-state index in [1.54, 1.807) is 0 Å².